The maximum Gasteiger partial charge on any atom is 0.254 e. The molecule has 4 atom stereocenters. The lowest BCUT2D eigenvalue weighted by atomic mass is 9.91. The third kappa shape index (κ3) is 7.52. The van der Waals surface area contributed by atoms with Gasteiger partial charge in [0, 0.05) is 25.6 Å². The molecule has 11 heteroatoms. The van der Waals surface area contributed by atoms with E-state index in [-0.39, 0.29) is 36.7 Å². The normalized spacial score (nSPS) is 18.5. The van der Waals surface area contributed by atoms with Crippen molar-refractivity contribution in [3.8, 4) is 16.3 Å². The van der Waals surface area contributed by atoms with Crippen LogP contribution in [0.4, 0.5) is 0 Å². The molecule has 1 fully saturated rings. The van der Waals surface area contributed by atoms with Gasteiger partial charge >= 0.3 is 0 Å². The van der Waals surface area contributed by atoms with Crippen molar-refractivity contribution < 1.29 is 24.0 Å². The summed E-state index contributed by atoms with van der Waals surface area (Å²) in [6.07, 6.45) is 0.425. The van der Waals surface area contributed by atoms with Crippen LogP contribution in [0.25, 0.3) is 10.4 Å². The van der Waals surface area contributed by atoms with Gasteiger partial charge in [-0.1, -0.05) is 45.0 Å². The molecule has 1 aromatic carbocycles. The van der Waals surface area contributed by atoms with Crippen molar-refractivity contribution in [3.05, 3.63) is 52.9 Å². The SMILES string of the molecule is CCCNCCOc1cc([C@H](C(=O)N2C[C@H](O)C[C@H]2C(=O)N[C@@H](C)c2ccc(-c3scnc3C)cc2)C(C)C)on1. The van der Waals surface area contributed by atoms with Crippen molar-refractivity contribution in [1.29, 1.82) is 0 Å². The van der Waals surface area contributed by atoms with Crippen LogP contribution in [0.15, 0.2) is 40.4 Å². The van der Waals surface area contributed by atoms with E-state index in [0.717, 1.165) is 34.7 Å². The lowest BCUT2D eigenvalue weighted by molar-refractivity contribution is -0.141. The van der Waals surface area contributed by atoms with E-state index in [0.29, 0.717) is 24.8 Å². The Hall–Kier alpha value is -3.28. The summed E-state index contributed by atoms with van der Waals surface area (Å²) in [4.78, 5) is 34.2. The monoisotopic (exact) mass is 583 g/mol. The Morgan fingerprint density at radius 2 is 1.98 bits per heavy atom. The van der Waals surface area contributed by atoms with Crippen LogP contribution in [0, 0.1) is 12.8 Å². The molecule has 2 aromatic heterocycles. The molecule has 2 amide bonds. The average molecular weight is 584 g/mol. The molecule has 1 aliphatic rings. The summed E-state index contributed by atoms with van der Waals surface area (Å²) < 4.78 is 11.2. The molecule has 3 heterocycles. The minimum Gasteiger partial charge on any atom is -0.474 e. The zero-order chi connectivity index (χ0) is 29.5. The number of likely N-dealkylation sites (tertiary alicyclic amines) is 1. The van der Waals surface area contributed by atoms with Gasteiger partial charge in [-0.15, -0.1) is 11.3 Å². The second-order valence-corrected chi connectivity index (χ2v) is 11.8. The van der Waals surface area contributed by atoms with Crippen molar-refractivity contribution in [1.82, 2.24) is 25.7 Å². The van der Waals surface area contributed by atoms with Crippen LogP contribution in [-0.4, -0.2) is 70.3 Å². The molecule has 222 valence electrons. The first-order valence-electron chi connectivity index (χ1n) is 14.3. The first kappa shape index (κ1) is 30.7. The zero-order valence-electron chi connectivity index (χ0n) is 24.4. The maximum absolute atomic E-state index is 13.8. The first-order valence-corrected chi connectivity index (χ1v) is 15.2. The van der Waals surface area contributed by atoms with E-state index in [1.165, 1.54) is 4.90 Å². The number of ether oxygens (including phenoxy) is 1. The second kappa shape index (κ2) is 14.1. The van der Waals surface area contributed by atoms with Crippen molar-refractivity contribution in [2.24, 2.45) is 5.92 Å². The number of thiazole rings is 1. The predicted molar refractivity (Wildman–Crippen MR) is 158 cm³/mol. The van der Waals surface area contributed by atoms with Gasteiger partial charge in [0.1, 0.15) is 18.6 Å². The molecule has 0 spiro atoms. The number of aliphatic hydroxyl groups excluding tert-OH is 1. The fourth-order valence-corrected chi connectivity index (χ4v) is 5.94. The van der Waals surface area contributed by atoms with Crippen LogP contribution >= 0.6 is 11.3 Å². The van der Waals surface area contributed by atoms with Crippen molar-refractivity contribution in [2.45, 2.75) is 71.6 Å². The van der Waals surface area contributed by atoms with Gasteiger partial charge in [-0.05, 0) is 49.0 Å². The van der Waals surface area contributed by atoms with Gasteiger partial charge in [-0.2, -0.15) is 0 Å². The highest BCUT2D eigenvalue weighted by molar-refractivity contribution is 7.13. The smallest absolute Gasteiger partial charge is 0.254 e. The van der Waals surface area contributed by atoms with Gasteiger partial charge in [0.15, 0.2) is 5.76 Å². The lowest BCUT2D eigenvalue weighted by Crippen LogP contribution is -2.48. The van der Waals surface area contributed by atoms with Gasteiger partial charge < -0.3 is 29.9 Å². The molecule has 1 saturated heterocycles. The highest BCUT2D eigenvalue weighted by Crippen LogP contribution is 2.33. The van der Waals surface area contributed by atoms with Gasteiger partial charge in [0.25, 0.3) is 5.88 Å². The number of β-amino-alcohol motifs (C(OH)–C–C–N with tert-alkyl or cyclic N) is 1. The highest BCUT2D eigenvalue weighted by Gasteiger charge is 2.43. The van der Waals surface area contributed by atoms with E-state index in [1.807, 2.05) is 57.5 Å². The summed E-state index contributed by atoms with van der Waals surface area (Å²) in [5.41, 5.74) is 4.84. The Bertz CT molecular complexity index is 1290. The van der Waals surface area contributed by atoms with E-state index in [2.05, 4.69) is 27.7 Å². The standard InChI is InChI=1S/C30H41N5O5S/c1-6-11-31-12-13-39-26-15-25(40-34-26)27(18(2)3)30(38)35-16-23(36)14-24(35)29(37)33-19(4)21-7-9-22(10-8-21)28-20(5)32-17-41-28/h7-10,15,17-19,23-24,27,31,36H,6,11-14,16H2,1-5H3,(H,33,37)/t19-,23+,24-,27+/m0/s1. The van der Waals surface area contributed by atoms with Crippen molar-refractivity contribution in [3.63, 3.8) is 0 Å². The molecule has 0 saturated carbocycles. The van der Waals surface area contributed by atoms with Crippen LogP contribution in [0.1, 0.15) is 69.5 Å². The molecule has 41 heavy (non-hydrogen) atoms. The largest absolute Gasteiger partial charge is 0.474 e. The maximum atomic E-state index is 13.8. The number of carbonyl (C=O) groups excluding carboxylic acids is 2. The summed E-state index contributed by atoms with van der Waals surface area (Å²) in [7, 11) is 0. The Morgan fingerprint density at radius 3 is 2.63 bits per heavy atom. The van der Waals surface area contributed by atoms with Gasteiger partial charge in [0.05, 0.1) is 28.2 Å². The van der Waals surface area contributed by atoms with Crippen LogP contribution in [0.3, 0.4) is 0 Å². The number of nitrogens with zero attached hydrogens (tertiary/aromatic N) is 3. The van der Waals surface area contributed by atoms with E-state index in [9.17, 15) is 14.7 Å². The summed E-state index contributed by atoms with van der Waals surface area (Å²) in [5, 5.41) is 20.8. The van der Waals surface area contributed by atoms with E-state index >= 15 is 0 Å². The zero-order valence-corrected chi connectivity index (χ0v) is 25.2. The molecule has 0 radical (unpaired) electrons. The second-order valence-electron chi connectivity index (χ2n) is 10.9. The fourth-order valence-electron chi connectivity index (χ4n) is 5.13. The summed E-state index contributed by atoms with van der Waals surface area (Å²) in [6.45, 7) is 11.9. The molecule has 10 nitrogen and oxygen atoms in total. The number of hydrogen-bond donors (Lipinski definition) is 3. The van der Waals surface area contributed by atoms with Crippen LogP contribution in [0.2, 0.25) is 0 Å². The number of rotatable bonds is 13. The van der Waals surface area contributed by atoms with Crippen molar-refractivity contribution in [2.75, 3.05) is 26.2 Å². The topological polar surface area (TPSA) is 130 Å². The van der Waals surface area contributed by atoms with Gasteiger partial charge in [0.2, 0.25) is 11.8 Å². The predicted octanol–water partition coefficient (Wildman–Crippen LogP) is 4.06. The molecule has 3 N–H and O–H groups in total. The van der Waals surface area contributed by atoms with E-state index in [4.69, 9.17) is 9.26 Å². The minimum atomic E-state index is -0.788. The Labute approximate surface area is 245 Å². The Morgan fingerprint density at radius 1 is 1.22 bits per heavy atom. The minimum absolute atomic E-state index is 0.0814. The molecular weight excluding hydrogens is 542 g/mol. The molecule has 1 aliphatic heterocycles. The summed E-state index contributed by atoms with van der Waals surface area (Å²) >= 11 is 1.59. The number of nitrogens with one attached hydrogen (secondary N) is 2. The van der Waals surface area contributed by atoms with Gasteiger partial charge in [-0.25, -0.2) is 4.98 Å². The third-order valence-electron chi connectivity index (χ3n) is 7.34. The number of aromatic nitrogens is 2. The number of carbonyl (C=O) groups is 2. The Balaban J connectivity index is 1.41. The van der Waals surface area contributed by atoms with Crippen LogP contribution in [0.5, 0.6) is 5.88 Å². The van der Waals surface area contributed by atoms with Crippen LogP contribution in [-0.2, 0) is 9.59 Å². The molecule has 0 aliphatic carbocycles. The number of hydrogen-bond acceptors (Lipinski definition) is 9. The first-order chi connectivity index (χ1) is 19.7. The molecule has 4 rings (SSSR count). The fraction of sp³-hybridized carbons (Fsp3) is 0.533. The quantitative estimate of drug-likeness (QED) is 0.257. The number of benzene rings is 1. The number of aliphatic hydroxyl groups is 1. The van der Waals surface area contributed by atoms with E-state index < -0.39 is 18.1 Å². The van der Waals surface area contributed by atoms with Crippen LogP contribution < -0.4 is 15.4 Å². The van der Waals surface area contributed by atoms with E-state index in [1.54, 1.807) is 17.4 Å². The third-order valence-corrected chi connectivity index (χ3v) is 8.32. The van der Waals surface area contributed by atoms with Gasteiger partial charge in [-0.3, -0.25) is 9.59 Å². The summed E-state index contributed by atoms with van der Waals surface area (Å²) in [6, 6.07) is 8.60. The highest BCUT2D eigenvalue weighted by atomic mass is 32.1. The molecular formula is C30H41N5O5S. The molecule has 0 bridgehead atoms. The number of aryl methyl sites for hydroxylation is 1. The average Bonchev–Trinajstić information content (AvgIpc) is 3.68. The molecule has 0 unspecified atom stereocenters. The van der Waals surface area contributed by atoms with Crippen molar-refractivity contribution >= 4 is 23.2 Å². The Kier molecular flexibility index (Phi) is 10.5. The number of amides is 2. The summed E-state index contributed by atoms with van der Waals surface area (Å²) in [5.74, 6) is -0.673. The lowest BCUT2D eigenvalue weighted by Gasteiger charge is -2.29. The molecule has 3 aromatic rings.